The molecule has 1 heterocycles. The van der Waals surface area contributed by atoms with Gasteiger partial charge >= 0.3 is 5.97 Å². The van der Waals surface area contributed by atoms with Gasteiger partial charge in [-0.3, -0.25) is 0 Å². The zero-order valence-electron chi connectivity index (χ0n) is 14.0. The van der Waals surface area contributed by atoms with Crippen molar-refractivity contribution in [1.29, 1.82) is 0 Å². The molecule has 3 rings (SSSR count). The molecular formula is C18H19ClO5. The topological polar surface area (TPSA) is 57.3 Å². The number of benzene rings is 2. The van der Waals surface area contributed by atoms with Crippen LogP contribution in [0.5, 0.6) is 11.5 Å². The Morgan fingerprint density at radius 3 is 2.33 bits per heavy atom. The predicted octanol–water partition coefficient (Wildman–Crippen LogP) is 3.90. The highest BCUT2D eigenvalue weighted by molar-refractivity contribution is 6.34. The largest absolute Gasteiger partial charge is 0.496 e. The van der Waals surface area contributed by atoms with Crippen molar-refractivity contribution in [2.75, 3.05) is 20.8 Å². The van der Waals surface area contributed by atoms with E-state index in [0.717, 1.165) is 10.8 Å². The molecule has 0 N–H and O–H groups in total. The van der Waals surface area contributed by atoms with Gasteiger partial charge in [-0.1, -0.05) is 35.9 Å². The molecule has 1 fully saturated rings. The fraction of sp³-hybridized carbons (Fsp3) is 0.389. The number of carbonyl (C=O) groups is 1. The van der Waals surface area contributed by atoms with Gasteiger partial charge < -0.3 is 18.9 Å². The van der Waals surface area contributed by atoms with Crippen LogP contribution in [-0.4, -0.2) is 32.4 Å². The van der Waals surface area contributed by atoms with Crippen LogP contribution in [-0.2, 0) is 14.3 Å². The highest BCUT2D eigenvalue weighted by Gasteiger charge is 2.62. The van der Waals surface area contributed by atoms with Crippen LogP contribution in [0.4, 0.5) is 0 Å². The third-order valence-electron chi connectivity index (χ3n) is 4.25. The molecule has 5 nitrogen and oxygen atoms in total. The van der Waals surface area contributed by atoms with Crippen LogP contribution in [0.25, 0.3) is 10.8 Å². The van der Waals surface area contributed by atoms with Crippen molar-refractivity contribution in [1.82, 2.24) is 0 Å². The summed E-state index contributed by atoms with van der Waals surface area (Å²) in [5, 5.41) is 2.06. The van der Waals surface area contributed by atoms with Crippen molar-refractivity contribution in [3.05, 3.63) is 34.9 Å². The summed E-state index contributed by atoms with van der Waals surface area (Å²) in [7, 11) is 3.13. The van der Waals surface area contributed by atoms with Crippen LogP contribution in [0.1, 0.15) is 25.5 Å². The zero-order valence-corrected chi connectivity index (χ0v) is 14.8. The quantitative estimate of drug-likeness (QED) is 0.604. The fourth-order valence-electron chi connectivity index (χ4n) is 2.99. The smallest absolute Gasteiger partial charge is 0.341 e. The first-order chi connectivity index (χ1) is 11.5. The summed E-state index contributed by atoms with van der Waals surface area (Å²) in [5.74, 6) is 0.694. The second-order valence-corrected chi connectivity index (χ2v) is 6.04. The molecule has 0 aromatic heterocycles. The zero-order chi connectivity index (χ0) is 17.5. The minimum Gasteiger partial charge on any atom is -0.496 e. The lowest BCUT2D eigenvalue weighted by atomic mass is 9.96. The number of ether oxygens (including phenoxy) is 4. The first kappa shape index (κ1) is 16.9. The Morgan fingerprint density at radius 2 is 1.79 bits per heavy atom. The summed E-state index contributed by atoms with van der Waals surface area (Å²) < 4.78 is 21.9. The average Bonchev–Trinajstić information content (AvgIpc) is 3.26. The molecule has 0 saturated carbocycles. The third-order valence-corrected chi connectivity index (χ3v) is 4.63. The number of carbonyl (C=O) groups excluding carboxylic acids is 1. The van der Waals surface area contributed by atoms with Gasteiger partial charge in [-0.2, -0.15) is 0 Å². The molecule has 0 amide bonds. The lowest BCUT2D eigenvalue weighted by molar-refractivity contribution is -0.148. The van der Waals surface area contributed by atoms with Gasteiger partial charge in [0.2, 0.25) is 0 Å². The first-order valence-corrected chi connectivity index (χ1v) is 8.04. The van der Waals surface area contributed by atoms with E-state index in [9.17, 15) is 4.79 Å². The minimum absolute atomic E-state index is 0.288. The maximum atomic E-state index is 12.2. The standard InChI is InChI=1S/C18H19ClO5/c1-5-23-17(20)18(2)16(24-18)12-13(19)15(22-4)11-9-7-6-8-10(11)14(12)21-3/h6-9,16H,5H2,1-4H3. The first-order valence-electron chi connectivity index (χ1n) is 7.66. The van der Waals surface area contributed by atoms with Gasteiger partial charge in [0.05, 0.1) is 25.8 Å². The lowest BCUT2D eigenvalue weighted by Gasteiger charge is -2.17. The summed E-state index contributed by atoms with van der Waals surface area (Å²) in [5.41, 5.74) is -0.467. The van der Waals surface area contributed by atoms with E-state index < -0.39 is 17.7 Å². The van der Waals surface area contributed by atoms with E-state index in [1.54, 1.807) is 28.1 Å². The molecule has 2 atom stereocenters. The highest BCUT2D eigenvalue weighted by atomic mass is 35.5. The molecule has 0 radical (unpaired) electrons. The monoisotopic (exact) mass is 350 g/mol. The Labute approximate surface area is 145 Å². The van der Waals surface area contributed by atoms with Crippen LogP contribution in [0.3, 0.4) is 0 Å². The number of halogens is 1. The number of hydrogen-bond donors (Lipinski definition) is 0. The van der Waals surface area contributed by atoms with Crippen molar-refractivity contribution in [2.24, 2.45) is 0 Å². The maximum Gasteiger partial charge on any atom is 0.341 e. The van der Waals surface area contributed by atoms with Crippen molar-refractivity contribution in [3.8, 4) is 11.5 Å². The van der Waals surface area contributed by atoms with Crippen molar-refractivity contribution in [2.45, 2.75) is 25.6 Å². The van der Waals surface area contributed by atoms with Crippen LogP contribution in [0, 0.1) is 0 Å². The molecule has 24 heavy (non-hydrogen) atoms. The van der Waals surface area contributed by atoms with E-state index >= 15 is 0 Å². The van der Waals surface area contributed by atoms with E-state index in [-0.39, 0.29) is 6.61 Å². The number of epoxide rings is 1. The second kappa shape index (κ2) is 6.15. The molecule has 1 aliphatic heterocycles. The molecule has 2 unspecified atom stereocenters. The molecule has 2 aromatic rings. The molecule has 128 valence electrons. The van der Waals surface area contributed by atoms with Crippen molar-refractivity contribution < 1.29 is 23.7 Å². The summed E-state index contributed by atoms with van der Waals surface area (Å²) in [6.07, 6.45) is -0.544. The fourth-order valence-corrected chi connectivity index (χ4v) is 3.36. The maximum absolute atomic E-state index is 12.2. The van der Waals surface area contributed by atoms with Gasteiger partial charge in [-0.05, 0) is 13.8 Å². The van der Waals surface area contributed by atoms with Crippen molar-refractivity contribution in [3.63, 3.8) is 0 Å². The van der Waals surface area contributed by atoms with Gasteiger partial charge in [0, 0.05) is 16.3 Å². The average molecular weight is 351 g/mol. The summed E-state index contributed by atoms with van der Waals surface area (Å²) >= 11 is 6.58. The number of fused-ring (bicyclic) bond motifs is 1. The van der Waals surface area contributed by atoms with Gasteiger partial charge in [0.15, 0.2) is 5.60 Å². The molecule has 0 spiro atoms. The van der Waals surface area contributed by atoms with E-state index in [1.165, 1.54) is 0 Å². The van der Waals surface area contributed by atoms with E-state index in [4.69, 9.17) is 30.5 Å². The normalized spacial score (nSPS) is 22.3. The lowest BCUT2D eigenvalue weighted by Crippen LogP contribution is -2.24. The van der Waals surface area contributed by atoms with Gasteiger partial charge in [0.25, 0.3) is 0 Å². The summed E-state index contributed by atoms with van der Waals surface area (Å²) in [6.45, 7) is 3.73. The van der Waals surface area contributed by atoms with Gasteiger partial charge in [-0.25, -0.2) is 4.79 Å². The summed E-state index contributed by atoms with van der Waals surface area (Å²) in [4.78, 5) is 12.2. The molecular weight excluding hydrogens is 332 g/mol. The molecule has 6 heteroatoms. The number of rotatable bonds is 5. The molecule has 1 aliphatic rings. The number of esters is 1. The Hall–Kier alpha value is -1.98. The predicted molar refractivity (Wildman–Crippen MR) is 90.9 cm³/mol. The van der Waals surface area contributed by atoms with Crippen LogP contribution in [0.15, 0.2) is 24.3 Å². The highest BCUT2D eigenvalue weighted by Crippen LogP contribution is 2.58. The number of hydrogen-bond acceptors (Lipinski definition) is 5. The molecule has 2 aromatic carbocycles. The van der Waals surface area contributed by atoms with E-state index in [1.807, 2.05) is 24.3 Å². The Kier molecular flexibility index (Phi) is 4.32. The molecule has 0 aliphatic carbocycles. The Bertz CT molecular complexity index is 804. The molecule has 1 saturated heterocycles. The number of methoxy groups -OCH3 is 2. The third kappa shape index (κ3) is 2.39. The van der Waals surface area contributed by atoms with Crippen molar-refractivity contribution >= 4 is 28.3 Å². The van der Waals surface area contributed by atoms with Gasteiger partial charge in [0.1, 0.15) is 17.6 Å². The van der Waals surface area contributed by atoms with Crippen LogP contribution in [0.2, 0.25) is 5.02 Å². The van der Waals surface area contributed by atoms with E-state index in [2.05, 4.69) is 0 Å². The van der Waals surface area contributed by atoms with Crippen LogP contribution < -0.4 is 9.47 Å². The summed E-state index contributed by atoms with van der Waals surface area (Å²) in [6, 6.07) is 7.63. The SMILES string of the molecule is CCOC(=O)C1(C)OC1c1c(Cl)c(OC)c2ccccc2c1OC. The Balaban J connectivity index is 2.19. The second-order valence-electron chi connectivity index (χ2n) is 5.67. The Morgan fingerprint density at radius 1 is 1.21 bits per heavy atom. The van der Waals surface area contributed by atoms with Crippen LogP contribution >= 0.6 is 11.6 Å². The minimum atomic E-state index is -1.07. The molecule has 0 bridgehead atoms. The van der Waals surface area contributed by atoms with Gasteiger partial charge in [-0.15, -0.1) is 0 Å². The van der Waals surface area contributed by atoms with E-state index in [0.29, 0.717) is 22.1 Å².